The second-order valence-electron chi connectivity index (χ2n) is 4.84. The Morgan fingerprint density at radius 3 is 2.89 bits per heavy atom. The van der Waals surface area contributed by atoms with E-state index < -0.39 is 0 Å². The molecule has 0 saturated heterocycles. The van der Waals surface area contributed by atoms with Crippen LogP contribution in [0.15, 0.2) is 53.4 Å². The topological polar surface area (TPSA) is 12.0 Å². The van der Waals surface area contributed by atoms with E-state index in [1.54, 1.807) is 12.1 Å². The van der Waals surface area contributed by atoms with Crippen LogP contribution >= 0.6 is 11.8 Å². The minimum absolute atomic E-state index is 0.146. The van der Waals surface area contributed by atoms with E-state index in [2.05, 4.69) is 36.5 Å². The van der Waals surface area contributed by atoms with Gasteiger partial charge in [0, 0.05) is 22.7 Å². The quantitative estimate of drug-likeness (QED) is 0.893. The number of thioether (sulfide) groups is 1. The standard InChI is InChI=1S/C16H16FNS/c1-11(12-5-4-6-13(17)9-12)18-15-10-19-16-8-3-2-7-14(15)16/h2-9,11,15,18H,10H2,1H3/t11-,15?/m1/s1. The second kappa shape index (κ2) is 5.35. The first-order valence-corrected chi connectivity index (χ1v) is 7.46. The van der Waals surface area contributed by atoms with Crippen molar-refractivity contribution < 1.29 is 4.39 Å². The van der Waals surface area contributed by atoms with Gasteiger partial charge in [0.1, 0.15) is 5.82 Å². The molecule has 1 unspecified atom stereocenters. The van der Waals surface area contributed by atoms with Gasteiger partial charge in [0.15, 0.2) is 0 Å². The van der Waals surface area contributed by atoms with Crippen molar-refractivity contribution in [2.24, 2.45) is 0 Å². The van der Waals surface area contributed by atoms with Crippen molar-refractivity contribution in [2.75, 3.05) is 5.75 Å². The van der Waals surface area contributed by atoms with Crippen LogP contribution in [0.4, 0.5) is 4.39 Å². The van der Waals surface area contributed by atoms with Crippen LogP contribution in [0.25, 0.3) is 0 Å². The highest BCUT2D eigenvalue weighted by molar-refractivity contribution is 7.99. The van der Waals surface area contributed by atoms with E-state index in [0.717, 1.165) is 11.3 Å². The molecule has 0 amide bonds. The van der Waals surface area contributed by atoms with Gasteiger partial charge in [-0.15, -0.1) is 11.8 Å². The molecule has 3 rings (SSSR count). The Hall–Kier alpha value is -1.32. The molecule has 1 aliphatic heterocycles. The van der Waals surface area contributed by atoms with Crippen LogP contribution in [0.1, 0.15) is 30.1 Å². The maximum absolute atomic E-state index is 13.2. The molecule has 2 atom stereocenters. The molecule has 1 aliphatic rings. The molecule has 0 aromatic heterocycles. The number of hydrogen-bond acceptors (Lipinski definition) is 2. The molecule has 3 heteroatoms. The summed E-state index contributed by atoms with van der Waals surface area (Å²) in [4.78, 5) is 1.35. The van der Waals surface area contributed by atoms with Gasteiger partial charge in [-0.3, -0.25) is 0 Å². The third kappa shape index (κ3) is 2.67. The number of fused-ring (bicyclic) bond motifs is 1. The van der Waals surface area contributed by atoms with Crippen molar-refractivity contribution in [3.05, 3.63) is 65.5 Å². The van der Waals surface area contributed by atoms with Crippen LogP contribution in [0, 0.1) is 5.82 Å². The fourth-order valence-corrected chi connectivity index (χ4v) is 3.65. The van der Waals surface area contributed by atoms with E-state index in [4.69, 9.17) is 0 Å². The number of nitrogens with one attached hydrogen (secondary N) is 1. The van der Waals surface area contributed by atoms with Crippen LogP contribution in [0.5, 0.6) is 0 Å². The van der Waals surface area contributed by atoms with Gasteiger partial charge in [0.25, 0.3) is 0 Å². The van der Waals surface area contributed by atoms with Crippen LogP contribution in [-0.4, -0.2) is 5.75 Å². The molecule has 0 radical (unpaired) electrons. The van der Waals surface area contributed by atoms with Crippen LogP contribution < -0.4 is 5.32 Å². The molecule has 1 N–H and O–H groups in total. The molecule has 19 heavy (non-hydrogen) atoms. The molecular formula is C16H16FNS. The summed E-state index contributed by atoms with van der Waals surface area (Å²) in [5.41, 5.74) is 2.35. The van der Waals surface area contributed by atoms with Gasteiger partial charge in [-0.25, -0.2) is 4.39 Å². The Morgan fingerprint density at radius 1 is 1.21 bits per heavy atom. The van der Waals surface area contributed by atoms with E-state index in [1.165, 1.54) is 16.5 Å². The smallest absolute Gasteiger partial charge is 0.123 e. The maximum Gasteiger partial charge on any atom is 0.123 e. The fourth-order valence-electron chi connectivity index (χ4n) is 2.47. The predicted octanol–water partition coefficient (Wildman–Crippen LogP) is 4.32. The lowest BCUT2D eigenvalue weighted by molar-refractivity contribution is 0.498. The summed E-state index contributed by atoms with van der Waals surface area (Å²) in [6.45, 7) is 2.08. The molecule has 2 aromatic carbocycles. The Bertz CT molecular complexity index is 584. The van der Waals surface area contributed by atoms with E-state index in [1.807, 2.05) is 17.8 Å². The van der Waals surface area contributed by atoms with Crippen molar-refractivity contribution in [3.8, 4) is 0 Å². The summed E-state index contributed by atoms with van der Waals surface area (Å²) in [7, 11) is 0. The monoisotopic (exact) mass is 273 g/mol. The second-order valence-corrected chi connectivity index (χ2v) is 5.91. The zero-order valence-corrected chi connectivity index (χ0v) is 11.6. The number of benzene rings is 2. The van der Waals surface area contributed by atoms with Crippen LogP contribution in [-0.2, 0) is 0 Å². The summed E-state index contributed by atoms with van der Waals surface area (Å²) < 4.78 is 13.2. The molecule has 1 heterocycles. The Morgan fingerprint density at radius 2 is 2.05 bits per heavy atom. The zero-order valence-electron chi connectivity index (χ0n) is 10.8. The van der Waals surface area contributed by atoms with E-state index in [9.17, 15) is 4.39 Å². The van der Waals surface area contributed by atoms with E-state index >= 15 is 0 Å². The third-order valence-corrected chi connectivity index (χ3v) is 4.68. The molecule has 0 saturated carbocycles. The maximum atomic E-state index is 13.2. The van der Waals surface area contributed by atoms with Gasteiger partial charge in [-0.05, 0) is 36.2 Å². The summed E-state index contributed by atoms with van der Waals surface area (Å²) >= 11 is 1.88. The first-order chi connectivity index (χ1) is 9.24. The third-order valence-electron chi connectivity index (χ3n) is 3.50. The van der Waals surface area contributed by atoms with Crippen molar-refractivity contribution >= 4 is 11.8 Å². The van der Waals surface area contributed by atoms with E-state index in [0.29, 0.717) is 6.04 Å². The highest BCUT2D eigenvalue weighted by atomic mass is 32.2. The van der Waals surface area contributed by atoms with Gasteiger partial charge in [0.2, 0.25) is 0 Å². The molecule has 0 aliphatic carbocycles. The van der Waals surface area contributed by atoms with Crippen molar-refractivity contribution in [1.82, 2.24) is 5.32 Å². The van der Waals surface area contributed by atoms with E-state index in [-0.39, 0.29) is 11.9 Å². The molecule has 0 spiro atoms. The first-order valence-electron chi connectivity index (χ1n) is 6.47. The molecule has 0 fully saturated rings. The molecule has 0 bridgehead atoms. The average Bonchev–Trinajstić information content (AvgIpc) is 2.82. The van der Waals surface area contributed by atoms with Crippen molar-refractivity contribution in [1.29, 1.82) is 0 Å². The molecule has 2 aromatic rings. The Balaban J connectivity index is 1.76. The summed E-state index contributed by atoms with van der Waals surface area (Å²) in [6, 6.07) is 15.8. The predicted molar refractivity (Wildman–Crippen MR) is 77.9 cm³/mol. The normalized spacial score (nSPS) is 19.2. The number of halogens is 1. The molecule has 1 nitrogen and oxygen atoms in total. The zero-order chi connectivity index (χ0) is 13.2. The van der Waals surface area contributed by atoms with Crippen LogP contribution in [0.2, 0.25) is 0 Å². The van der Waals surface area contributed by atoms with Gasteiger partial charge in [0.05, 0.1) is 0 Å². The summed E-state index contributed by atoms with van der Waals surface area (Å²) in [5, 5.41) is 3.59. The average molecular weight is 273 g/mol. The fraction of sp³-hybridized carbons (Fsp3) is 0.250. The van der Waals surface area contributed by atoms with Gasteiger partial charge < -0.3 is 5.32 Å². The largest absolute Gasteiger partial charge is 0.303 e. The summed E-state index contributed by atoms with van der Waals surface area (Å²) in [6.07, 6.45) is 0. The summed E-state index contributed by atoms with van der Waals surface area (Å²) in [5.74, 6) is 0.867. The Labute approximate surface area is 117 Å². The van der Waals surface area contributed by atoms with Gasteiger partial charge in [-0.1, -0.05) is 30.3 Å². The molecule has 98 valence electrons. The minimum Gasteiger partial charge on any atom is -0.303 e. The highest BCUT2D eigenvalue weighted by Crippen LogP contribution is 2.38. The SMILES string of the molecule is C[C@@H](NC1CSc2ccccc21)c1cccc(F)c1. The Kier molecular flexibility index (Phi) is 3.58. The van der Waals surface area contributed by atoms with Gasteiger partial charge in [-0.2, -0.15) is 0 Å². The van der Waals surface area contributed by atoms with Gasteiger partial charge >= 0.3 is 0 Å². The lowest BCUT2D eigenvalue weighted by Crippen LogP contribution is -2.24. The lowest BCUT2D eigenvalue weighted by Gasteiger charge is -2.20. The lowest BCUT2D eigenvalue weighted by atomic mass is 10.0. The van der Waals surface area contributed by atoms with Crippen LogP contribution in [0.3, 0.4) is 0 Å². The number of hydrogen-bond donors (Lipinski definition) is 1. The molecular weight excluding hydrogens is 257 g/mol. The highest BCUT2D eigenvalue weighted by Gasteiger charge is 2.24. The van der Waals surface area contributed by atoms with Crippen molar-refractivity contribution in [3.63, 3.8) is 0 Å². The first kappa shape index (κ1) is 12.7. The number of rotatable bonds is 3. The van der Waals surface area contributed by atoms with Crippen molar-refractivity contribution in [2.45, 2.75) is 23.9 Å². The minimum atomic E-state index is -0.174.